The summed E-state index contributed by atoms with van der Waals surface area (Å²) in [6, 6.07) is 14.6. The maximum Gasteiger partial charge on any atom is 0.435 e. The number of benzene rings is 2. The number of hydrogen-bond acceptors (Lipinski definition) is 3. The molecule has 0 unspecified atom stereocenters. The fraction of sp³-hybridized carbons (Fsp3) is 0.167. The van der Waals surface area contributed by atoms with E-state index in [1.807, 2.05) is 0 Å². The van der Waals surface area contributed by atoms with Gasteiger partial charge in [-0.25, -0.2) is 4.68 Å². The van der Waals surface area contributed by atoms with Gasteiger partial charge < -0.3 is 9.47 Å². The zero-order valence-electron chi connectivity index (χ0n) is 13.5. The zero-order chi connectivity index (χ0) is 18.0. The second-order valence-corrected chi connectivity index (χ2v) is 5.26. The van der Waals surface area contributed by atoms with E-state index in [-0.39, 0.29) is 5.69 Å². The maximum absolute atomic E-state index is 13.2. The zero-order valence-corrected chi connectivity index (χ0v) is 13.5. The summed E-state index contributed by atoms with van der Waals surface area (Å²) in [5, 5.41) is 3.75. The van der Waals surface area contributed by atoms with Crippen molar-refractivity contribution in [2.24, 2.45) is 0 Å². The van der Waals surface area contributed by atoms with E-state index in [4.69, 9.17) is 9.47 Å². The molecule has 0 aliphatic rings. The van der Waals surface area contributed by atoms with Crippen LogP contribution in [-0.4, -0.2) is 24.0 Å². The summed E-state index contributed by atoms with van der Waals surface area (Å²) in [7, 11) is 2.96. The van der Waals surface area contributed by atoms with E-state index in [9.17, 15) is 13.2 Å². The number of alkyl halides is 3. The standard InChI is InChI=1S/C18H15F3N2O2/c1-24-14-8-12(9-15(10-14)25-2)16-11-17(18(19,20)21)22-23(16)13-6-4-3-5-7-13/h3-11H,1-2H3. The lowest BCUT2D eigenvalue weighted by molar-refractivity contribution is -0.141. The van der Waals surface area contributed by atoms with Crippen LogP contribution in [0.1, 0.15) is 5.69 Å². The third-order valence-electron chi connectivity index (χ3n) is 3.65. The summed E-state index contributed by atoms with van der Waals surface area (Å²) in [5.41, 5.74) is 0.349. The van der Waals surface area contributed by atoms with E-state index >= 15 is 0 Å². The fourth-order valence-corrected chi connectivity index (χ4v) is 2.45. The summed E-state index contributed by atoms with van der Waals surface area (Å²) < 4.78 is 51.2. The van der Waals surface area contributed by atoms with Gasteiger partial charge in [-0.2, -0.15) is 18.3 Å². The summed E-state index contributed by atoms with van der Waals surface area (Å²) in [4.78, 5) is 0. The van der Waals surface area contributed by atoms with Crippen LogP contribution in [0.25, 0.3) is 16.9 Å². The Hall–Kier alpha value is -2.96. The molecule has 0 fully saturated rings. The van der Waals surface area contributed by atoms with Crippen molar-refractivity contribution in [1.29, 1.82) is 0 Å². The maximum atomic E-state index is 13.2. The first kappa shape index (κ1) is 16.9. The molecule has 0 aliphatic carbocycles. The summed E-state index contributed by atoms with van der Waals surface area (Å²) in [6.07, 6.45) is -4.54. The average molecular weight is 348 g/mol. The molecule has 3 rings (SSSR count). The molecule has 0 bridgehead atoms. The van der Waals surface area contributed by atoms with E-state index in [1.54, 1.807) is 48.5 Å². The van der Waals surface area contributed by atoms with Crippen LogP contribution in [0.2, 0.25) is 0 Å². The van der Waals surface area contributed by atoms with E-state index in [2.05, 4.69) is 5.10 Å². The topological polar surface area (TPSA) is 36.3 Å². The Morgan fingerprint density at radius 2 is 1.48 bits per heavy atom. The molecule has 0 saturated heterocycles. The number of aromatic nitrogens is 2. The lowest BCUT2D eigenvalue weighted by Crippen LogP contribution is -2.07. The van der Waals surface area contributed by atoms with Crippen LogP contribution in [0, 0.1) is 0 Å². The quantitative estimate of drug-likeness (QED) is 0.693. The van der Waals surface area contributed by atoms with Crippen LogP contribution in [-0.2, 0) is 6.18 Å². The van der Waals surface area contributed by atoms with Crippen LogP contribution < -0.4 is 9.47 Å². The van der Waals surface area contributed by atoms with Gasteiger partial charge >= 0.3 is 6.18 Å². The Morgan fingerprint density at radius 1 is 0.880 bits per heavy atom. The first-order valence-electron chi connectivity index (χ1n) is 7.38. The summed E-state index contributed by atoms with van der Waals surface area (Å²) >= 11 is 0. The highest BCUT2D eigenvalue weighted by molar-refractivity contribution is 5.67. The van der Waals surface area contributed by atoms with Gasteiger partial charge in [0.05, 0.1) is 25.6 Å². The minimum absolute atomic E-state index is 0.288. The summed E-state index contributed by atoms with van der Waals surface area (Å²) in [5.74, 6) is 0.951. The number of halogens is 3. The van der Waals surface area contributed by atoms with Crippen LogP contribution in [0.3, 0.4) is 0 Å². The monoisotopic (exact) mass is 348 g/mol. The predicted octanol–water partition coefficient (Wildman–Crippen LogP) is 4.58. The number of rotatable bonds is 4. The first-order valence-corrected chi connectivity index (χ1v) is 7.38. The predicted molar refractivity (Wildman–Crippen MR) is 87.1 cm³/mol. The largest absolute Gasteiger partial charge is 0.497 e. The number of hydrogen-bond donors (Lipinski definition) is 0. The van der Waals surface area contributed by atoms with Crippen LogP contribution in [0.5, 0.6) is 11.5 Å². The highest BCUT2D eigenvalue weighted by Crippen LogP contribution is 2.35. The molecule has 0 saturated carbocycles. The molecule has 0 atom stereocenters. The van der Waals surface area contributed by atoms with Crippen LogP contribution >= 0.6 is 0 Å². The van der Waals surface area contributed by atoms with Crippen molar-refractivity contribution in [2.45, 2.75) is 6.18 Å². The Balaban J connectivity index is 2.23. The SMILES string of the molecule is COc1cc(OC)cc(-c2cc(C(F)(F)F)nn2-c2ccccc2)c1. The molecule has 0 N–H and O–H groups in total. The molecule has 4 nitrogen and oxygen atoms in total. The second kappa shape index (κ2) is 6.51. The van der Waals surface area contributed by atoms with E-state index in [0.717, 1.165) is 6.07 Å². The van der Waals surface area contributed by atoms with Gasteiger partial charge in [0.2, 0.25) is 0 Å². The molecule has 0 spiro atoms. The average Bonchev–Trinajstić information content (AvgIpc) is 3.08. The lowest BCUT2D eigenvalue weighted by atomic mass is 10.1. The highest BCUT2D eigenvalue weighted by atomic mass is 19.4. The third kappa shape index (κ3) is 3.45. The molecule has 0 radical (unpaired) electrons. The molecule has 2 aromatic carbocycles. The van der Waals surface area contributed by atoms with Crippen molar-refractivity contribution in [3.05, 3.63) is 60.3 Å². The number of nitrogens with zero attached hydrogens (tertiary/aromatic N) is 2. The summed E-state index contributed by atoms with van der Waals surface area (Å²) in [6.45, 7) is 0. The van der Waals surface area contributed by atoms with Crippen molar-refractivity contribution >= 4 is 0 Å². The van der Waals surface area contributed by atoms with E-state index in [0.29, 0.717) is 22.7 Å². The molecule has 7 heteroatoms. The Labute approximate surface area is 142 Å². The van der Waals surface area contributed by atoms with Gasteiger partial charge in [0, 0.05) is 11.6 Å². The van der Waals surface area contributed by atoms with Gasteiger partial charge in [-0.3, -0.25) is 0 Å². The van der Waals surface area contributed by atoms with Crippen LogP contribution in [0.4, 0.5) is 13.2 Å². The second-order valence-electron chi connectivity index (χ2n) is 5.26. The molecule has 0 aliphatic heterocycles. The fourth-order valence-electron chi connectivity index (χ4n) is 2.45. The number of methoxy groups -OCH3 is 2. The van der Waals surface area contributed by atoms with Gasteiger partial charge in [0.1, 0.15) is 11.5 Å². The van der Waals surface area contributed by atoms with E-state index < -0.39 is 11.9 Å². The molecule has 1 heterocycles. The minimum atomic E-state index is -4.54. The van der Waals surface area contributed by atoms with Gasteiger partial charge in [0.15, 0.2) is 5.69 Å². The Kier molecular flexibility index (Phi) is 4.39. The first-order chi connectivity index (χ1) is 11.9. The Bertz CT molecular complexity index is 852. The third-order valence-corrected chi connectivity index (χ3v) is 3.65. The molecule has 3 aromatic rings. The molecular formula is C18H15F3N2O2. The normalized spacial score (nSPS) is 11.4. The molecular weight excluding hydrogens is 333 g/mol. The smallest absolute Gasteiger partial charge is 0.435 e. The highest BCUT2D eigenvalue weighted by Gasteiger charge is 2.35. The number of para-hydroxylation sites is 1. The lowest BCUT2D eigenvalue weighted by Gasteiger charge is -2.11. The van der Waals surface area contributed by atoms with Gasteiger partial charge in [0.25, 0.3) is 0 Å². The molecule has 130 valence electrons. The van der Waals surface area contributed by atoms with Gasteiger partial charge in [-0.05, 0) is 30.3 Å². The molecule has 0 amide bonds. The molecule has 1 aromatic heterocycles. The van der Waals surface area contributed by atoms with Crippen molar-refractivity contribution < 1.29 is 22.6 Å². The van der Waals surface area contributed by atoms with E-state index in [1.165, 1.54) is 18.9 Å². The van der Waals surface area contributed by atoms with Gasteiger partial charge in [-0.1, -0.05) is 18.2 Å². The van der Waals surface area contributed by atoms with Crippen LogP contribution in [0.15, 0.2) is 54.6 Å². The minimum Gasteiger partial charge on any atom is -0.497 e. The van der Waals surface area contributed by atoms with Crippen molar-refractivity contribution in [3.8, 4) is 28.4 Å². The van der Waals surface area contributed by atoms with Crippen molar-refractivity contribution in [2.75, 3.05) is 14.2 Å². The molecule has 25 heavy (non-hydrogen) atoms. The van der Waals surface area contributed by atoms with Gasteiger partial charge in [-0.15, -0.1) is 0 Å². The Morgan fingerprint density at radius 3 is 2.00 bits per heavy atom. The number of ether oxygens (including phenoxy) is 2. The van der Waals surface area contributed by atoms with Crippen molar-refractivity contribution in [3.63, 3.8) is 0 Å². The van der Waals surface area contributed by atoms with Crippen molar-refractivity contribution in [1.82, 2.24) is 9.78 Å².